The highest BCUT2D eigenvalue weighted by atomic mass is 15.2. The predicted octanol–water partition coefficient (Wildman–Crippen LogP) is 3.48. The lowest BCUT2D eigenvalue weighted by molar-refractivity contribution is 0.361. The quantitative estimate of drug-likeness (QED) is 0.863. The molecule has 2 unspecified atom stereocenters. The Balaban J connectivity index is 1.93. The molecule has 1 saturated carbocycles. The second kappa shape index (κ2) is 4.93. The van der Waals surface area contributed by atoms with E-state index in [0.717, 1.165) is 12.0 Å². The Morgan fingerprint density at radius 2 is 1.94 bits per heavy atom. The van der Waals surface area contributed by atoms with Crippen LogP contribution in [0.4, 0.5) is 5.69 Å². The molecule has 0 bridgehead atoms. The molecule has 1 aromatic rings. The Hall–Kier alpha value is -1.02. The first kappa shape index (κ1) is 12.0. The highest BCUT2D eigenvalue weighted by Gasteiger charge is 2.35. The van der Waals surface area contributed by atoms with Crippen LogP contribution >= 0.6 is 0 Å². The van der Waals surface area contributed by atoms with E-state index in [1.807, 2.05) is 0 Å². The van der Waals surface area contributed by atoms with E-state index in [0.29, 0.717) is 0 Å². The van der Waals surface area contributed by atoms with Gasteiger partial charge >= 0.3 is 0 Å². The topological polar surface area (TPSA) is 29.3 Å². The molecule has 1 saturated heterocycles. The largest absolute Gasteiger partial charge is 0.368 e. The summed E-state index contributed by atoms with van der Waals surface area (Å²) in [6.07, 6.45) is 6.99. The van der Waals surface area contributed by atoms with E-state index >= 15 is 0 Å². The molecule has 2 fully saturated rings. The van der Waals surface area contributed by atoms with Crippen molar-refractivity contribution in [2.24, 2.45) is 11.7 Å². The van der Waals surface area contributed by atoms with E-state index in [2.05, 4.69) is 36.1 Å². The molecule has 1 aliphatic carbocycles. The summed E-state index contributed by atoms with van der Waals surface area (Å²) < 4.78 is 0. The molecule has 0 spiro atoms. The number of hydrogen-bond acceptors (Lipinski definition) is 2. The Kier molecular flexibility index (Phi) is 3.29. The normalized spacial score (nSPS) is 29.1. The summed E-state index contributed by atoms with van der Waals surface area (Å²) >= 11 is 0. The highest BCUT2D eigenvalue weighted by Crippen LogP contribution is 2.40. The average Bonchev–Trinajstić information content (AvgIpc) is 2.86. The van der Waals surface area contributed by atoms with Crippen molar-refractivity contribution in [3.05, 3.63) is 29.8 Å². The van der Waals surface area contributed by atoms with Crippen LogP contribution in [0.15, 0.2) is 24.3 Å². The van der Waals surface area contributed by atoms with Crippen LogP contribution in [0.5, 0.6) is 0 Å². The van der Waals surface area contributed by atoms with Gasteiger partial charge in [-0.15, -0.1) is 0 Å². The second-order valence-electron chi connectivity index (χ2n) is 5.94. The summed E-state index contributed by atoms with van der Waals surface area (Å²) in [7, 11) is 0. The maximum Gasteiger partial charge on any atom is 0.0417 e. The minimum atomic E-state index is 0.128. The van der Waals surface area contributed by atoms with E-state index in [-0.39, 0.29) is 6.04 Å². The van der Waals surface area contributed by atoms with Crippen LogP contribution in [-0.4, -0.2) is 12.6 Å². The number of para-hydroxylation sites is 1. The van der Waals surface area contributed by atoms with Crippen LogP contribution in [0.2, 0.25) is 0 Å². The van der Waals surface area contributed by atoms with E-state index in [1.54, 1.807) is 0 Å². The zero-order valence-corrected chi connectivity index (χ0v) is 11.3. The molecule has 18 heavy (non-hydrogen) atoms. The highest BCUT2D eigenvalue weighted by molar-refractivity contribution is 5.56. The minimum Gasteiger partial charge on any atom is -0.368 e. The molecule has 2 heteroatoms. The SMILES string of the molecule is C[C@H](N)c1ccccc1N1CCCC2CCCC21. The number of rotatable bonds is 2. The lowest BCUT2D eigenvalue weighted by Gasteiger charge is -2.40. The first-order valence-electron chi connectivity index (χ1n) is 7.38. The molecule has 0 amide bonds. The van der Waals surface area contributed by atoms with E-state index in [4.69, 9.17) is 5.73 Å². The zero-order valence-electron chi connectivity index (χ0n) is 11.3. The molecule has 2 aliphatic rings. The van der Waals surface area contributed by atoms with Crippen molar-refractivity contribution >= 4 is 5.69 Å². The third-order valence-electron chi connectivity index (χ3n) is 4.73. The van der Waals surface area contributed by atoms with Crippen LogP contribution in [0, 0.1) is 5.92 Å². The van der Waals surface area contributed by atoms with Crippen molar-refractivity contribution in [2.45, 2.75) is 51.1 Å². The standard InChI is InChI=1S/C16H24N2/c1-12(17)14-8-2-3-9-16(14)18-11-5-7-13-6-4-10-15(13)18/h2-3,8-9,12-13,15H,4-7,10-11,17H2,1H3/t12-,13?,15?/m0/s1. The first-order valence-corrected chi connectivity index (χ1v) is 7.38. The number of anilines is 1. The monoisotopic (exact) mass is 244 g/mol. The van der Waals surface area contributed by atoms with Gasteiger partial charge in [0.05, 0.1) is 0 Å². The van der Waals surface area contributed by atoms with Crippen molar-refractivity contribution in [1.82, 2.24) is 0 Å². The molecule has 0 radical (unpaired) electrons. The second-order valence-corrected chi connectivity index (χ2v) is 5.94. The molecule has 1 heterocycles. The van der Waals surface area contributed by atoms with Gasteiger partial charge in [0.2, 0.25) is 0 Å². The lowest BCUT2D eigenvalue weighted by atomic mass is 9.90. The molecular weight excluding hydrogens is 220 g/mol. The summed E-state index contributed by atoms with van der Waals surface area (Å²) in [4.78, 5) is 2.65. The number of hydrogen-bond donors (Lipinski definition) is 1. The summed E-state index contributed by atoms with van der Waals surface area (Å²) in [5.41, 5.74) is 8.83. The molecule has 3 rings (SSSR count). The molecular formula is C16H24N2. The Bertz CT molecular complexity index is 413. The molecule has 1 aromatic carbocycles. The van der Waals surface area contributed by atoms with Crippen LogP contribution in [0.25, 0.3) is 0 Å². The number of nitrogens with zero attached hydrogens (tertiary/aromatic N) is 1. The third kappa shape index (κ3) is 2.03. The summed E-state index contributed by atoms with van der Waals surface area (Å²) in [5.74, 6) is 0.930. The minimum absolute atomic E-state index is 0.128. The van der Waals surface area contributed by atoms with Gasteiger partial charge in [-0.2, -0.15) is 0 Å². The molecule has 2 nitrogen and oxygen atoms in total. The number of fused-ring (bicyclic) bond motifs is 1. The fraction of sp³-hybridized carbons (Fsp3) is 0.625. The van der Waals surface area contributed by atoms with Crippen LogP contribution in [0.1, 0.15) is 50.6 Å². The Morgan fingerprint density at radius 1 is 1.17 bits per heavy atom. The van der Waals surface area contributed by atoms with Crippen molar-refractivity contribution in [3.8, 4) is 0 Å². The zero-order chi connectivity index (χ0) is 12.5. The van der Waals surface area contributed by atoms with Crippen LogP contribution < -0.4 is 10.6 Å². The number of piperidine rings is 1. The van der Waals surface area contributed by atoms with Gasteiger partial charge in [0.15, 0.2) is 0 Å². The fourth-order valence-electron chi connectivity index (χ4n) is 3.89. The maximum atomic E-state index is 6.13. The molecule has 3 atom stereocenters. The van der Waals surface area contributed by atoms with Crippen LogP contribution in [0.3, 0.4) is 0 Å². The molecule has 2 N–H and O–H groups in total. The van der Waals surface area contributed by atoms with Crippen molar-refractivity contribution in [1.29, 1.82) is 0 Å². The van der Waals surface area contributed by atoms with E-state index in [9.17, 15) is 0 Å². The van der Waals surface area contributed by atoms with Gasteiger partial charge in [-0.05, 0) is 50.2 Å². The van der Waals surface area contributed by atoms with Gasteiger partial charge in [-0.1, -0.05) is 24.6 Å². The molecule has 1 aliphatic heterocycles. The number of benzene rings is 1. The van der Waals surface area contributed by atoms with Gasteiger partial charge in [0.25, 0.3) is 0 Å². The Morgan fingerprint density at radius 3 is 2.78 bits per heavy atom. The molecule has 98 valence electrons. The summed E-state index contributed by atoms with van der Waals surface area (Å²) in [6, 6.07) is 9.62. The van der Waals surface area contributed by atoms with Gasteiger partial charge < -0.3 is 10.6 Å². The Labute approximate surface area is 110 Å². The first-order chi connectivity index (χ1) is 8.77. The van der Waals surface area contributed by atoms with Crippen LogP contribution in [-0.2, 0) is 0 Å². The van der Waals surface area contributed by atoms with Gasteiger partial charge in [-0.3, -0.25) is 0 Å². The number of nitrogens with two attached hydrogens (primary N) is 1. The van der Waals surface area contributed by atoms with Gasteiger partial charge in [-0.25, -0.2) is 0 Å². The summed E-state index contributed by atoms with van der Waals surface area (Å²) in [5, 5.41) is 0. The van der Waals surface area contributed by atoms with E-state index < -0.39 is 0 Å². The van der Waals surface area contributed by atoms with E-state index in [1.165, 1.54) is 49.9 Å². The lowest BCUT2D eigenvalue weighted by Crippen LogP contribution is -2.43. The van der Waals surface area contributed by atoms with Crippen molar-refractivity contribution in [3.63, 3.8) is 0 Å². The predicted molar refractivity (Wildman–Crippen MR) is 76.8 cm³/mol. The van der Waals surface area contributed by atoms with Crippen molar-refractivity contribution in [2.75, 3.05) is 11.4 Å². The summed E-state index contributed by atoms with van der Waals surface area (Å²) in [6.45, 7) is 3.31. The molecule has 0 aromatic heterocycles. The van der Waals surface area contributed by atoms with Crippen molar-refractivity contribution < 1.29 is 0 Å². The van der Waals surface area contributed by atoms with Gasteiger partial charge in [0, 0.05) is 24.3 Å². The van der Waals surface area contributed by atoms with Gasteiger partial charge in [0.1, 0.15) is 0 Å². The average molecular weight is 244 g/mol. The maximum absolute atomic E-state index is 6.13. The smallest absolute Gasteiger partial charge is 0.0417 e. The fourth-order valence-corrected chi connectivity index (χ4v) is 3.89. The third-order valence-corrected chi connectivity index (χ3v) is 4.73.